The number of amides is 1. The van der Waals surface area contributed by atoms with Gasteiger partial charge in [-0.15, -0.1) is 0 Å². The lowest BCUT2D eigenvalue weighted by Crippen LogP contribution is -2.51. The minimum Gasteiger partial charge on any atom is -0.379 e. The summed E-state index contributed by atoms with van der Waals surface area (Å²) >= 11 is 0. The highest BCUT2D eigenvalue weighted by Gasteiger charge is 2.33. The molecular formula is C26H35N7O4. The zero-order chi connectivity index (χ0) is 26.2. The summed E-state index contributed by atoms with van der Waals surface area (Å²) in [6, 6.07) is 5.47. The molecule has 2 aliphatic carbocycles. The quantitative estimate of drug-likeness (QED) is 0.423. The van der Waals surface area contributed by atoms with E-state index in [1.165, 1.54) is 6.20 Å². The summed E-state index contributed by atoms with van der Waals surface area (Å²) in [6.45, 7) is 2.12. The third kappa shape index (κ3) is 4.80. The third-order valence-corrected chi connectivity index (χ3v) is 7.94. The van der Waals surface area contributed by atoms with Crippen molar-refractivity contribution in [3.8, 4) is 0 Å². The number of carbonyl (C=O) groups is 1. The van der Waals surface area contributed by atoms with E-state index in [-0.39, 0.29) is 35.3 Å². The maximum atomic E-state index is 13.4. The molecule has 37 heavy (non-hydrogen) atoms. The molecule has 0 bridgehead atoms. The van der Waals surface area contributed by atoms with Crippen LogP contribution >= 0.6 is 0 Å². The molecule has 0 spiro atoms. The van der Waals surface area contributed by atoms with Crippen LogP contribution in [-0.2, 0) is 9.47 Å². The second-order valence-corrected chi connectivity index (χ2v) is 10.1. The van der Waals surface area contributed by atoms with Crippen LogP contribution in [0.1, 0.15) is 61.8 Å². The molecule has 3 aromatic heterocycles. The molecule has 0 unspecified atom stereocenters. The number of nitrogens with one attached hydrogen (secondary N) is 3. The lowest BCUT2D eigenvalue weighted by atomic mass is 9.83. The Kier molecular flexibility index (Phi) is 6.91. The van der Waals surface area contributed by atoms with Gasteiger partial charge in [0, 0.05) is 39.6 Å². The predicted molar refractivity (Wildman–Crippen MR) is 141 cm³/mol. The van der Waals surface area contributed by atoms with Gasteiger partial charge in [0.1, 0.15) is 22.9 Å². The third-order valence-electron chi connectivity index (χ3n) is 7.94. The van der Waals surface area contributed by atoms with Crippen molar-refractivity contribution in [3.63, 3.8) is 0 Å². The standard InChI is InChI=1S/C26H35N7O4/c1-26(37-4)11-9-16(10-12-26)32-13-5-6-19(25(32)35)29-21-14-22(27-2)33-23(31-21)17(15-28-33)24(34)30-18-7-8-20(18)36-3/h5-6,13-16,18,20,27H,7-12H2,1-4H3,(H,29,31)(H,30,34)/t16?,18-,20-,26?/m1/s1. The molecule has 2 atom stereocenters. The van der Waals surface area contributed by atoms with Crippen LogP contribution in [-0.4, -0.2) is 64.1 Å². The predicted octanol–water partition coefficient (Wildman–Crippen LogP) is 3.10. The fourth-order valence-corrected chi connectivity index (χ4v) is 5.25. The number of pyridine rings is 1. The summed E-state index contributed by atoms with van der Waals surface area (Å²) < 4.78 is 14.4. The first kappa shape index (κ1) is 25.2. The van der Waals surface area contributed by atoms with Gasteiger partial charge in [-0.25, -0.2) is 4.98 Å². The van der Waals surface area contributed by atoms with Crippen molar-refractivity contribution in [1.82, 2.24) is 24.5 Å². The van der Waals surface area contributed by atoms with Crippen LogP contribution in [0.15, 0.2) is 35.4 Å². The molecule has 2 aliphatic rings. The average molecular weight is 510 g/mol. The smallest absolute Gasteiger partial charge is 0.274 e. The van der Waals surface area contributed by atoms with Crippen LogP contribution in [0, 0.1) is 0 Å². The summed E-state index contributed by atoms with van der Waals surface area (Å²) in [7, 11) is 5.17. The van der Waals surface area contributed by atoms with Crippen molar-refractivity contribution in [2.45, 2.75) is 69.2 Å². The van der Waals surface area contributed by atoms with E-state index < -0.39 is 0 Å². The summed E-state index contributed by atoms with van der Waals surface area (Å²) in [5.41, 5.74) is 0.933. The van der Waals surface area contributed by atoms with E-state index in [2.05, 4.69) is 33.0 Å². The zero-order valence-electron chi connectivity index (χ0n) is 21.8. The molecule has 1 amide bonds. The highest BCUT2D eigenvalue weighted by molar-refractivity contribution is 6.00. The molecule has 2 fully saturated rings. The minimum atomic E-state index is -0.254. The van der Waals surface area contributed by atoms with E-state index >= 15 is 0 Å². The van der Waals surface area contributed by atoms with E-state index in [0.29, 0.717) is 28.5 Å². The molecule has 11 nitrogen and oxygen atoms in total. The van der Waals surface area contributed by atoms with Gasteiger partial charge in [0.25, 0.3) is 11.5 Å². The van der Waals surface area contributed by atoms with E-state index in [0.717, 1.165) is 38.5 Å². The Morgan fingerprint density at radius 3 is 2.62 bits per heavy atom. The SMILES string of the molecule is CNc1cc(Nc2cccn(C3CCC(C)(OC)CC3)c2=O)nc2c(C(=O)N[C@@H]3CC[C@H]3OC)cnn12. The van der Waals surface area contributed by atoms with Crippen LogP contribution in [0.5, 0.6) is 0 Å². The first-order valence-corrected chi connectivity index (χ1v) is 12.8. The molecule has 5 rings (SSSR count). The van der Waals surface area contributed by atoms with Gasteiger partial charge in [0.05, 0.1) is 23.9 Å². The van der Waals surface area contributed by atoms with Gasteiger partial charge in [-0.3, -0.25) is 9.59 Å². The van der Waals surface area contributed by atoms with E-state index in [1.807, 2.05) is 12.3 Å². The van der Waals surface area contributed by atoms with Crippen LogP contribution < -0.4 is 21.5 Å². The van der Waals surface area contributed by atoms with Crippen LogP contribution in [0.25, 0.3) is 5.65 Å². The van der Waals surface area contributed by atoms with Crippen LogP contribution in [0.4, 0.5) is 17.3 Å². The van der Waals surface area contributed by atoms with Crippen molar-refractivity contribution in [1.29, 1.82) is 0 Å². The van der Waals surface area contributed by atoms with Gasteiger partial charge < -0.3 is 30.0 Å². The second kappa shape index (κ2) is 10.1. The van der Waals surface area contributed by atoms with Gasteiger partial charge in [-0.1, -0.05) is 0 Å². The maximum Gasteiger partial charge on any atom is 0.274 e. The fourth-order valence-electron chi connectivity index (χ4n) is 5.25. The van der Waals surface area contributed by atoms with E-state index in [9.17, 15) is 9.59 Å². The van der Waals surface area contributed by atoms with E-state index in [4.69, 9.17) is 9.47 Å². The first-order chi connectivity index (χ1) is 17.9. The normalized spacial score (nSPS) is 25.5. The van der Waals surface area contributed by atoms with Gasteiger partial charge in [-0.05, 0) is 57.6 Å². The molecule has 2 saturated carbocycles. The number of fused-ring (bicyclic) bond motifs is 1. The Labute approximate surface area is 215 Å². The van der Waals surface area contributed by atoms with Crippen molar-refractivity contribution < 1.29 is 14.3 Å². The second-order valence-electron chi connectivity index (χ2n) is 10.1. The Bertz CT molecular complexity index is 1340. The molecule has 0 radical (unpaired) electrons. The van der Waals surface area contributed by atoms with Crippen molar-refractivity contribution >= 4 is 28.9 Å². The fraction of sp³-hybridized carbons (Fsp3) is 0.538. The largest absolute Gasteiger partial charge is 0.379 e. The number of methoxy groups -OCH3 is 2. The summed E-state index contributed by atoms with van der Waals surface area (Å²) in [5.74, 6) is 0.818. The zero-order valence-corrected chi connectivity index (χ0v) is 21.8. The molecular weight excluding hydrogens is 474 g/mol. The molecule has 3 aromatic rings. The van der Waals surface area contributed by atoms with Gasteiger partial charge >= 0.3 is 0 Å². The molecule has 3 heterocycles. The number of hydrogen-bond acceptors (Lipinski definition) is 8. The Morgan fingerprint density at radius 1 is 1.19 bits per heavy atom. The van der Waals surface area contributed by atoms with E-state index in [1.54, 1.807) is 42.5 Å². The monoisotopic (exact) mass is 509 g/mol. The van der Waals surface area contributed by atoms with Gasteiger partial charge in [-0.2, -0.15) is 9.61 Å². The summed E-state index contributed by atoms with van der Waals surface area (Å²) in [6.07, 6.45) is 8.73. The number of anilines is 3. The van der Waals surface area contributed by atoms with Crippen molar-refractivity contribution in [2.24, 2.45) is 0 Å². The summed E-state index contributed by atoms with van der Waals surface area (Å²) in [5, 5.41) is 13.6. The lowest BCUT2D eigenvalue weighted by molar-refractivity contribution is -0.0324. The Balaban J connectivity index is 1.41. The highest BCUT2D eigenvalue weighted by atomic mass is 16.5. The van der Waals surface area contributed by atoms with Crippen molar-refractivity contribution in [2.75, 3.05) is 31.9 Å². The number of rotatable bonds is 8. The minimum absolute atomic E-state index is 0.0245. The average Bonchev–Trinajstić information content (AvgIpc) is 3.32. The van der Waals surface area contributed by atoms with Crippen LogP contribution in [0.3, 0.4) is 0 Å². The molecule has 0 aromatic carbocycles. The van der Waals surface area contributed by atoms with Gasteiger partial charge in [0.15, 0.2) is 5.65 Å². The molecule has 0 aliphatic heterocycles. The first-order valence-electron chi connectivity index (χ1n) is 12.8. The lowest BCUT2D eigenvalue weighted by Gasteiger charge is -2.36. The van der Waals surface area contributed by atoms with Gasteiger partial charge in [0.2, 0.25) is 0 Å². The molecule has 0 saturated heterocycles. The van der Waals surface area contributed by atoms with Crippen LogP contribution in [0.2, 0.25) is 0 Å². The summed E-state index contributed by atoms with van der Waals surface area (Å²) in [4.78, 5) is 31.1. The topological polar surface area (TPSA) is 124 Å². The number of ether oxygens (including phenoxy) is 2. The molecule has 11 heteroatoms. The number of aromatic nitrogens is 4. The Hall–Kier alpha value is -3.44. The Morgan fingerprint density at radius 2 is 1.97 bits per heavy atom. The number of carbonyl (C=O) groups excluding carboxylic acids is 1. The molecule has 198 valence electrons. The molecule has 3 N–H and O–H groups in total. The number of hydrogen-bond donors (Lipinski definition) is 3. The highest BCUT2D eigenvalue weighted by Crippen LogP contribution is 2.36. The number of nitrogens with zero attached hydrogens (tertiary/aromatic N) is 4. The maximum absolute atomic E-state index is 13.4. The van der Waals surface area contributed by atoms with Crippen molar-refractivity contribution in [3.05, 3.63) is 46.5 Å².